The third-order valence-electron chi connectivity index (χ3n) is 5.27. The maximum Gasteiger partial charge on any atom is 0.494 e. The van der Waals surface area contributed by atoms with Gasteiger partial charge in [-0.05, 0) is 63.7 Å². The Morgan fingerprint density at radius 3 is 2.12 bits per heavy atom. The minimum atomic E-state index is -0.332. The van der Waals surface area contributed by atoms with Crippen molar-refractivity contribution in [1.82, 2.24) is 14.8 Å². The second kappa shape index (κ2) is 6.14. The molecule has 0 saturated carbocycles. The zero-order valence-corrected chi connectivity index (χ0v) is 16.2. The fourth-order valence-corrected chi connectivity index (χ4v) is 3.01. The summed E-state index contributed by atoms with van der Waals surface area (Å²) in [5, 5.41) is 7.53. The molecule has 0 amide bonds. The molecule has 0 radical (unpaired) electrons. The van der Waals surface area contributed by atoms with Crippen LogP contribution in [0.1, 0.15) is 44.4 Å². The summed E-state index contributed by atoms with van der Waals surface area (Å²) in [6, 6.07) is 4.30. The summed E-state index contributed by atoms with van der Waals surface area (Å²) < 4.78 is 14.0. The first kappa shape index (κ1) is 18.0. The van der Waals surface area contributed by atoms with Gasteiger partial charge in [0.2, 0.25) is 5.95 Å². The molecule has 0 atom stereocenters. The Morgan fingerprint density at radius 1 is 1.08 bits per heavy atom. The van der Waals surface area contributed by atoms with Crippen LogP contribution in [0, 0.1) is 13.8 Å². The first-order valence-corrected chi connectivity index (χ1v) is 8.64. The molecule has 134 valence electrons. The van der Waals surface area contributed by atoms with E-state index in [2.05, 4.69) is 69.1 Å². The molecule has 2 heterocycles. The lowest BCUT2D eigenvalue weighted by atomic mass is 9.76. The molecule has 1 N–H and O–H groups in total. The molecule has 7 heteroatoms. The van der Waals surface area contributed by atoms with Crippen LogP contribution >= 0.6 is 0 Å². The van der Waals surface area contributed by atoms with E-state index >= 15 is 0 Å². The lowest BCUT2D eigenvalue weighted by Gasteiger charge is -2.32. The largest absolute Gasteiger partial charge is 0.494 e. The Bertz CT molecular complexity index is 746. The van der Waals surface area contributed by atoms with Gasteiger partial charge in [-0.15, -0.1) is 5.10 Å². The van der Waals surface area contributed by atoms with Gasteiger partial charge in [0, 0.05) is 13.6 Å². The molecule has 0 aliphatic carbocycles. The van der Waals surface area contributed by atoms with Crippen LogP contribution in [0.15, 0.2) is 18.5 Å². The van der Waals surface area contributed by atoms with Gasteiger partial charge in [0.05, 0.1) is 11.2 Å². The minimum Gasteiger partial charge on any atom is -0.399 e. The van der Waals surface area contributed by atoms with Crippen molar-refractivity contribution in [3.63, 3.8) is 0 Å². The average molecular weight is 342 g/mol. The van der Waals surface area contributed by atoms with Crippen molar-refractivity contribution in [2.45, 2.75) is 59.3 Å². The SMILES string of the molecule is Cc1cc(B2OC(C)(C)C(C)(C)O2)cc(C)c1CNc1ncn(C)n1. The molecule has 1 aromatic carbocycles. The van der Waals surface area contributed by atoms with Crippen molar-refractivity contribution in [2.24, 2.45) is 7.05 Å². The van der Waals surface area contributed by atoms with Crippen molar-refractivity contribution in [3.8, 4) is 0 Å². The minimum absolute atomic E-state index is 0.329. The van der Waals surface area contributed by atoms with Gasteiger partial charge < -0.3 is 14.6 Å². The quantitative estimate of drug-likeness (QED) is 0.865. The third-order valence-corrected chi connectivity index (χ3v) is 5.27. The summed E-state index contributed by atoms with van der Waals surface area (Å²) in [4.78, 5) is 4.20. The van der Waals surface area contributed by atoms with E-state index in [1.54, 1.807) is 11.0 Å². The number of aryl methyl sites for hydroxylation is 3. The zero-order valence-electron chi connectivity index (χ0n) is 16.2. The van der Waals surface area contributed by atoms with Gasteiger partial charge >= 0.3 is 7.12 Å². The molecular weight excluding hydrogens is 315 g/mol. The Labute approximate surface area is 150 Å². The van der Waals surface area contributed by atoms with Gasteiger partial charge in [-0.2, -0.15) is 0 Å². The van der Waals surface area contributed by atoms with E-state index in [1.807, 2.05) is 7.05 Å². The molecule has 0 bridgehead atoms. The van der Waals surface area contributed by atoms with Crippen LogP contribution in [0.2, 0.25) is 0 Å². The van der Waals surface area contributed by atoms with E-state index in [4.69, 9.17) is 9.31 Å². The first-order chi connectivity index (χ1) is 11.6. The zero-order chi connectivity index (χ0) is 18.4. The highest BCUT2D eigenvalue weighted by atomic mass is 16.7. The Morgan fingerprint density at radius 2 is 1.64 bits per heavy atom. The van der Waals surface area contributed by atoms with E-state index in [1.165, 1.54) is 16.7 Å². The number of anilines is 1. The molecule has 1 aliphatic heterocycles. The topological polar surface area (TPSA) is 61.2 Å². The first-order valence-electron chi connectivity index (χ1n) is 8.64. The second-order valence-electron chi connectivity index (χ2n) is 7.82. The normalized spacial score (nSPS) is 18.6. The van der Waals surface area contributed by atoms with Gasteiger partial charge in [-0.25, -0.2) is 4.98 Å². The molecule has 1 fully saturated rings. The van der Waals surface area contributed by atoms with Crippen molar-refractivity contribution >= 4 is 18.5 Å². The smallest absolute Gasteiger partial charge is 0.399 e. The summed E-state index contributed by atoms with van der Waals surface area (Å²) in [6.45, 7) is 13.2. The molecule has 1 saturated heterocycles. The van der Waals surface area contributed by atoms with Crippen LogP contribution in [-0.4, -0.2) is 33.1 Å². The number of nitrogens with one attached hydrogen (secondary N) is 1. The molecule has 2 aromatic rings. The standard InChI is InChI=1S/C18H27BN4O2/c1-12-8-14(19-24-17(3,4)18(5,6)25-19)9-13(2)15(12)10-20-16-21-11-23(7)22-16/h8-9,11H,10H2,1-7H3,(H,20,22). The Hall–Kier alpha value is -1.86. The summed E-state index contributed by atoms with van der Waals surface area (Å²) in [5.41, 5.74) is 4.05. The molecule has 0 spiro atoms. The van der Waals surface area contributed by atoms with E-state index < -0.39 is 0 Å². The summed E-state index contributed by atoms with van der Waals surface area (Å²) in [5.74, 6) is 0.635. The van der Waals surface area contributed by atoms with Crippen molar-refractivity contribution in [2.75, 3.05) is 5.32 Å². The molecule has 25 heavy (non-hydrogen) atoms. The lowest BCUT2D eigenvalue weighted by molar-refractivity contribution is 0.00578. The highest BCUT2D eigenvalue weighted by molar-refractivity contribution is 6.62. The molecule has 3 rings (SSSR count). The Kier molecular flexibility index (Phi) is 4.41. The second-order valence-corrected chi connectivity index (χ2v) is 7.82. The van der Waals surface area contributed by atoms with Crippen LogP contribution < -0.4 is 10.8 Å². The lowest BCUT2D eigenvalue weighted by Crippen LogP contribution is -2.41. The number of rotatable bonds is 4. The third kappa shape index (κ3) is 3.44. The number of hydrogen-bond acceptors (Lipinski definition) is 5. The van der Waals surface area contributed by atoms with Crippen LogP contribution in [0.5, 0.6) is 0 Å². The van der Waals surface area contributed by atoms with Gasteiger partial charge in [-0.1, -0.05) is 12.1 Å². The van der Waals surface area contributed by atoms with Crippen LogP contribution in [0.3, 0.4) is 0 Å². The molecule has 1 aliphatic rings. The fourth-order valence-electron chi connectivity index (χ4n) is 3.01. The van der Waals surface area contributed by atoms with Gasteiger partial charge in [0.25, 0.3) is 0 Å². The van der Waals surface area contributed by atoms with Crippen LogP contribution in [0.4, 0.5) is 5.95 Å². The number of hydrogen-bond donors (Lipinski definition) is 1. The van der Waals surface area contributed by atoms with E-state index in [-0.39, 0.29) is 18.3 Å². The van der Waals surface area contributed by atoms with Crippen molar-refractivity contribution in [3.05, 3.63) is 35.2 Å². The maximum absolute atomic E-state index is 6.17. The monoisotopic (exact) mass is 342 g/mol. The van der Waals surface area contributed by atoms with E-state index in [0.717, 1.165) is 5.46 Å². The fraction of sp³-hybridized carbons (Fsp3) is 0.556. The summed E-state index contributed by atoms with van der Waals surface area (Å²) in [6.07, 6.45) is 1.68. The Balaban J connectivity index is 1.79. The number of aromatic nitrogens is 3. The van der Waals surface area contributed by atoms with Crippen molar-refractivity contribution in [1.29, 1.82) is 0 Å². The van der Waals surface area contributed by atoms with E-state index in [0.29, 0.717) is 12.5 Å². The average Bonchev–Trinajstić information content (AvgIpc) is 2.99. The maximum atomic E-state index is 6.17. The highest BCUT2D eigenvalue weighted by Gasteiger charge is 2.51. The predicted octanol–water partition coefficient (Wildman–Crippen LogP) is 2.34. The molecule has 0 unspecified atom stereocenters. The van der Waals surface area contributed by atoms with E-state index in [9.17, 15) is 0 Å². The van der Waals surface area contributed by atoms with Crippen LogP contribution in [0.25, 0.3) is 0 Å². The number of benzene rings is 1. The van der Waals surface area contributed by atoms with Crippen molar-refractivity contribution < 1.29 is 9.31 Å². The van der Waals surface area contributed by atoms with Gasteiger partial charge in [0.15, 0.2) is 0 Å². The molecular formula is C18H27BN4O2. The van der Waals surface area contributed by atoms with Gasteiger partial charge in [0.1, 0.15) is 6.33 Å². The summed E-state index contributed by atoms with van der Waals surface area (Å²) >= 11 is 0. The van der Waals surface area contributed by atoms with Gasteiger partial charge in [-0.3, -0.25) is 4.68 Å². The number of nitrogens with zero attached hydrogens (tertiary/aromatic N) is 3. The summed E-state index contributed by atoms with van der Waals surface area (Å²) in [7, 11) is 1.52. The molecule has 6 nitrogen and oxygen atoms in total. The molecule has 1 aromatic heterocycles. The van der Waals surface area contributed by atoms with Crippen LogP contribution in [-0.2, 0) is 22.9 Å². The predicted molar refractivity (Wildman–Crippen MR) is 100.0 cm³/mol. The highest BCUT2D eigenvalue weighted by Crippen LogP contribution is 2.36.